The van der Waals surface area contributed by atoms with Crippen molar-refractivity contribution in [3.05, 3.63) is 17.8 Å². The van der Waals surface area contributed by atoms with Crippen LogP contribution in [0, 0.1) is 5.92 Å². The third-order valence-electron chi connectivity index (χ3n) is 1.98. The Balaban J connectivity index is 2.60. The van der Waals surface area contributed by atoms with Gasteiger partial charge in [-0.05, 0) is 12.3 Å². The molecule has 1 aromatic heterocycles. The van der Waals surface area contributed by atoms with Gasteiger partial charge in [0.25, 0.3) is 0 Å². The number of rotatable bonds is 4. The molecule has 0 aromatic carbocycles. The van der Waals surface area contributed by atoms with E-state index >= 15 is 0 Å². The molecule has 13 heavy (non-hydrogen) atoms. The monoisotopic (exact) mass is 183 g/mol. The van der Waals surface area contributed by atoms with Crippen molar-refractivity contribution in [3.8, 4) is 0 Å². The van der Waals surface area contributed by atoms with E-state index in [9.17, 15) is 0 Å². The van der Waals surface area contributed by atoms with Gasteiger partial charge in [-0.3, -0.25) is 0 Å². The normalized spacial score (nSPS) is 13.6. The smallest absolute Gasteiger partial charge is 0.197 e. The summed E-state index contributed by atoms with van der Waals surface area (Å²) in [6, 6.07) is 0. The van der Waals surface area contributed by atoms with E-state index in [0.717, 1.165) is 12.3 Å². The molecular weight excluding hydrogens is 166 g/mol. The lowest BCUT2D eigenvalue weighted by atomic mass is 9.99. The highest BCUT2D eigenvalue weighted by atomic mass is 16.3. The highest BCUT2D eigenvalue weighted by Gasteiger charge is 2.13. The Morgan fingerprint density at radius 2 is 2.15 bits per heavy atom. The minimum absolute atomic E-state index is 0.0438. The van der Waals surface area contributed by atoms with E-state index in [1.165, 1.54) is 6.26 Å². The van der Waals surface area contributed by atoms with E-state index in [1.54, 1.807) is 0 Å². The molecule has 0 saturated heterocycles. The first-order valence-corrected chi connectivity index (χ1v) is 4.68. The average molecular weight is 183 g/mol. The van der Waals surface area contributed by atoms with Crippen LogP contribution in [0.2, 0.25) is 0 Å². The number of oxazole rings is 1. The van der Waals surface area contributed by atoms with Crippen LogP contribution in [0.15, 0.2) is 10.7 Å². The van der Waals surface area contributed by atoms with Crippen LogP contribution in [0.5, 0.6) is 0 Å². The van der Waals surface area contributed by atoms with Gasteiger partial charge in [-0.2, -0.15) is 0 Å². The van der Waals surface area contributed by atoms with Gasteiger partial charge in [0.15, 0.2) is 5.89 Å². The van der Waals surface area contributed by atoms with Crippen molar-refractivity contribution < 1.29 is 9.52 Å². The standard InChI is InChI=1S/C10H17NO2/c1-7(2)4-8(3)10-11-9(5-12)6-13-10/h6-8,12H,4-5H2,1-3H3/t8-/m1/s1. The van der Waals surface area contributed by atoms with E-state index in [0.29, 0.717) is 17.5 Å². The fraction of sp³-hybridized carbons (Fsp3) is 0.700. The molecule has 3 nitrogen and oxygen atoms in total. The van der Waals surface area contributed by atoms with E-state index in [-0.39, 0.29) is 6.61 Å². The summed E-state index contributed by atoms with van der Waals surface area (Å²) in [6.45, 7) is 6.39. The molecule has 1 heterocycles. The number of aliphatic hydroxyl groups excluding tert-OH is 1. The molecule has 0 saturated carbocycles. The summed E-state index contributed by atoms with van der Waals surface area (Å²) >= 11 is 0. The minimum atomic E-state index is -0.0438. The summed E-state index contributed by atoms with van der Waals surface area (Å²) in [5.74, 6) is 1.71. The van der Waals surface area contributed by atoms with Crippen LogP contribution in [-0.4, -0.2) is 10.1 Å². The molecule has 0 spiro atoms. The first kappa shape index (κ1) is 10.3. The maximum Gasteiger partial charge on any atom is 0.197 e. The maximum atomic E-state index is 8.79. The number of hydrogen-bond donors (Lipinski definition) is 1. The van der Waals surface area contributed by atoms with Crippen molar-refractivity contribution in [3.63, 3.8) is 0 Å². The maximum absolute atomic E-state index is 8.79. The van der Waals surface area contributed by atoms with Gasteiger partial charge in [0, 0.05) is 5.92 Å². The molecule has 1 N–H and O–H groups in total. The van der Waals surface area contributed by atoms with Gasteiger partial charge in [0.2, 0.25) is 0 Å². The number of aromatic nitrogens is 1. The molecule has 0 fully saturated rings. The van der Waals surface area contributed by atoms with Crippen LogP contribution in [0.3, 0.4) is 0 Å². The molecule has 0 radical (unpaired) electrons. The van der Waals surface area contributed by atoms with Crippen LogP contribution in [0.4, 0.5) is 0 Å². The minimum Gasteiger partial charge on any atom is -0.448 e. The Labute approximate surface area is 78.8 Å². The summed E-state index contributed by atoms with van der Waals surface area (Å²) < 4.78 is 5.25. The largest absolute Gasteiger partial charge is 0.448 e. The predicted octanol–water partition coefficient (Wildman–Crippen LogP) is 2.32. The third kappa shape index (κ3) is 2.84. The Bertz CT molecular complexity index is 255. The molecular formula is C10H17NO2. The molecule has 74 valence electrons. The Kier molecular flexibility index (Phi) is 3.48. The van der Waals surface area contributed by atoms with Crippen molar-refractivity contribution in [1.82, 2.24) is 4.98 Å². The Morgan fingerprint density at radius 3 is 2.62 bits per heavy atom. The van der Waals surface area contributed by atoms with Crippen LogP contribution < -0.4 is 0 Å². The highest BCUT2D eigenvalue weighted by Crippen LogP contribution is 2.22. The molecule has 1 aromatic rings. The first-order valence-electron chi connectivity index (χ1n) is 4.68. The highest BCUT2D eigenvalue weighted by molar-refractivity contribution is 4.98. The lowest BCUT2D eigenvalue weighted by Crippen LogP contribution is -1.99. The number of aliphatic hydroxyl groups is 1. The summed E-state index contributed by atoms with van der Waals surface area (Å²) in [5, 5.41) is 8.79. The number of nitrogens with zero attached hydrogens (tertiary/aromatic N) is 1. The number of hydrogen-bond acceptors (Lipinski definition) is 3. The fourth-order valence-electron chi connectivity index (χ4n) is 1.43. The zero-order chi connectivity index (χ0) is 9.84. The summed E-state index contributed by atoms with van der Waals surface area (Å²) in [4.78, 5) is 4.17. The van der Waals surface area contributed by atoms with Crippen molar-refractivity contribution in [2.75, 3.05) is 0 Å². The van der Waals surface area contributed by atoms with Gasteiger partial charge in [0.1, 0.15) is 12.0 Å². The zero-order valence-electron chi connectivity index (χ0n) is 8.45. The van der Waals surface area contributed by atoms with E-state index in [1.807, 2.05) is 0 Å². The lowest BCUT2D eigenvalue weighted by molar-refractivity contribution is 0.276. The average Bonchev–Trinajstić information content (AvgIpc) is 2.50. The predicted molar refractivity (Wildman–Crippen MR) is 50.3 cm³/mol. The quantitative estimate of drug-likeness (QED) is 0.779. The molecule has 0 aliphatic carbocycles. The second kappa shape index (κ2) is 4.42. The van der Waals surface area contributed by atoms with Crippen molar-refractivity contribution in [2.24, 2.45) is 5.92 Å². The van der Waals surface area contributed by atoms with Crippen LogP contribution in [0.25, 0.3) is 0 Å². The molecule has 0 aliphatic heterocycles. The van der Waals surface area contributed by atoms with Crippen LogP contribution in [-0.2, 0) is 6.61 Å². The third-order valence-corrected chi connectivity index (χ3v) is 1.98. The lowest BCUT2D eigenvalue weighted by Gasteiger charge is -2.09. The van der Waals surface area contributed by atoms with E-state index in [4.69, 9.17) is 9.52 Å². The second-order valence-electron chi connectivity index (χ2n) is 3.87. The van der Waals surface area contributed by atoms with Crippen molar-refractivity contribution in [2.45, 2.75) is 39.7 Å². The molecule has 1 atom stereocenters. The molecule has 0 bridgehead atoms. The molecule has 0 amide bonds. The molecule has 0 aliphatic rings. The SMILES string of the molecule is CC(C)C[C@@H](C)c1nc(CO)co1. The van der Waals surface area contributed by atoms with Crippen LogP contribution in [0.1, 0.15) is 44.7 Å². The molecule has 3 heteroatoms. The fourth-order valence-corrected chi connectivity index (χ4v) is 1.43. The van der Waals surface area contributed by atoms with Crippen molar-refractivity contribution >= 4 is 0 Å². The summed E-state index contributed by atoms with van der Waals surface area (Å²) in [6.07, 6.45) is 2.58. The second-order valence-corrected chi connectivity index (χ2v) is 3.87. The van der Waals surface area contributed by atoms with E-state index < -0.39 is 0 Å². The first-order chi connectivity index (χ1) is 6.13. The van der Waals surface area contributed by atoms with Crippen molar-refractivity contribution in [1.29, 1.82) is 0 Å². The Hall–Kier alpha value is -0.830. The van der Waals surface area contributed by atoms with Gasteiger partial charge in [-0.1, -0.05) is 20.8 Å². The summed E-state index contributed by atoms with van der Waals surface area (Å²) in [7, 11) is 0. The van der Waals surface area contributed by atoms with Gasteiger partial charge >= 0.3 is 0 Å². The topological polar surface area (TPSA) is 46.3 Å². The molecule has 0 unspecified atom stereocenters. The summed E-state index contributed by atoms with van der Waals surface area (Å²) in [5.41, 5.74) is 0.616. The zero-order valence-corrected chi connectivity index (χ0v) is 8.45. The van der Waals surface area contributed by atoms with Gasteiger partial charge in [-0.25, -0.2) is 4.98 Å². The van der Waals surface area contributed by atoms with E-state index in [2.05, 4.69) is 25.8 Å². The van der Waals surface area contributed by atoms with Gasteiger partial charge in [0.05, 0.1) is 6.61 Å². The van der Waals surface area contributed by atoms with Gasteiger partial charge in [-0.15, -0.1) is 0 Å². The van der Waals surface area contributed by atoms with Crippen LogP contribution >= 0.6 is 0 Å². The van der Waals surface area contributed by atoms with Gasteiger partial charge < -0.3 is 9.52 Å². The Morgan fingerprint density at radius 1 is 1.46 bits per heavy atom. The molecule has 1 rings (SSSR count).